The highest BCUT2D eigenvalue weighted by atomic mass is 35.5. The first-order valence-corrected chi connectivity index (χ1v) is 7.38. The fourth-order valence-corrected chi connectivity index (χ4v) is 2.22. The lowest BCUT2D eigenvalue weighted by Gasteiger charge is -2.17. The van der Waals surface area contributed by atoms with E-state index < -0.39 is 5.82 Å². The Hall–Kier alpha value is -1.13. The topological polar surface area (TPSA) is 32.3 Å². The van der Waals surface area contributed by atoms with Crippen molar-refractivity contribution in [2.75, 3.05) is 26.2 Å². The van der Waals surface area contributed by atoms with Gasteiger partial charge in [-0.3, -0.25) is 4.79 Å². The first-order chi connectivity index (χ1) is 9.58. The van der Waals surface area contributed by atoms with Crippen molar-refractivity contribution in [2.24, 2.45) is 0 Å². The van der Waals surface area contributed by atoms with E-state index in [2.05, 4.69) is 24.1 Å². The van der Waals surface area contributed by atoms with Gasteiger partial charge in [-0.1, -0.05) is 31.5 Å². The second-order valence-electron chi connectivity index (χ2n) is 4.61. The third-order valence-corrected chi connectivity index (χ3v) is 3.62. The van der Waals surface area contributed by atoms with Gasteiger partial charge in [0.25, 0.3) is 0 Å². The first kappa shape index (κ1) is 16.9. The summed E-state index contributed by atoms with van der Waals surface area (Å²) < 4.78 is 13.5. The number of nitrogens with zero attached hydrogens (tertiary/aromatic N) is 1. The number of benzene rings is 1. The van der Waals surface area contributed by atoms with Crippen molar-refractivity contribution in [3.05, 3.63) is 34.6 Å². The molecule has 1 aromatic carbocycles. The number of amides is 1. The van der Waals surface area contributed by atoms with Crippen molar-refractivity contribution >= 4 is 17.5 Å². The van der Waals surface area contributed by atoms with E-state index in [1.807, 2.05) is 0 Å². The SMILES string of the molecule is CCN(CC)CCCNC(=O)Cc1c(F)cccc1Cl. The predicted octanol–water partition coefficient (Wildman–Crippen LogP) is 2.87. The summed E-state index contributed by atoms with van der Waals surface area (Å²) in [5.74, 6) is -0.632. The molecule has 0 bridgehead atoms. The van der Waals surface area contributed by atoms with E-state index in [0.717, 1.165) is 26.1 Å². The summed E-state index contributed by atoms with van der Waals surface area (Å²) >= 11 is 5.89. The van der Waals surface area contributed by atoms with E-state index in [-0.39, 0.29) is 17.9 Å². The van der Waals surface area contributed by atoms with Gasteiger partial charge in [0.1, 0.15) is 5.82 Å². The average Bonchev–Trinajstić information content (AvgIpc) is 2.43. The maximum atomic E-state index is 13.5. The van der Waals surface area contributed by atoms with Crippen molar-refractivity contribution in [3.8, 4) is 0 Å². The summed E-state index contributed by atoms with van der Waals surface area (Å²) in [5.41, 5.74) is 0.260. The molecular weight excluding hydrogens is 279 g/mol. The summed E-state index contributed by atoms with van der Waals surface area (Å²) in [6.07, 6.45) is 0.870. The van der Waals surface area contributed by atoms with Gasteiger partial charge in [0.15, 0.2) is 0 Å². The maximum absolute atomic E-state index is 13.5. The van der Waals surface area contributed by atoms with Crippen LogP contribution in [-0.2, 0) is 11.2 Å². The standard InChI is InChI=1S/C15H22ClFN2O/c1-3-19(4-2)10-6-9-18-15(20)11-12-13(16)7-5-8-14(12)17/h5,7-8H,3-4,6,9-11H2,1-2H3,(H,18,20). The van der Waals surface area contributed by atoms with Gasteiger partial charge >= 0.3 is 0 Å². The lowest BCUT2D eigenvalue weighted by Crippen LogP contribution is -2.30. The molecule has 0 aromatic heterocycles. The number of carbonyl (C=O) groups is 1. The molecule has 3 nitrogen and oxygen atoms in total. The summed E-state index contributed by atoms with van der Waals surface area (Å²) in [6.45, 7) is 7.80. The molecule has 0 atom stereocenters. The molecule has 0 aliphatic heterocycles. The Morgan fingerprint density at radius 1 is 1.35 bits per heavy atom. The van der Waals surface area contributed by atoms with Crippen molar-refractivity contribution < 1.29 is 9.18 Å². The number of rotatable bonds is 8. The summed E-state index contributed by atoms with van der Waals surface area (Å²) in [6, 6.07) is 4.44. The lowest BCUT2D eigenvalue weighted by molar-refractivity contribution is -0.120. The Morgan fingerprint density at radius 3 is 2.65 bits per heavy atom. The van der Waals surface area contributed by atoms with Gasteiger partial charge < -0.3 is 10.2 Å². The molecule has 0 fully saturated rings. The predicted molar refractivity (Wildman–Crippen MR) is 80.5 cm³/mol. The molecule has 0 saturated heterocycles. The molecular formula is C15H22ClFN2O. The molecule has 112 valence electrons. The Morgan fingerprint density at radius 2 is 2.05 bits per heavy atom. The van der Waals surface area contributed by atoms with E-state index in [1.165, 1.54) is 12.1 Å². The highest BCUT2D eigenvalue weighted by Gasteiger charge is 2.11. The number of halogens is 2. The summed E-state index contributed by atoms with van der Waals surface area (Å²) in [5, 5.41) is 3.09. The van der Waals surface area contributed by atoms with Gasteiger partial charge in [-0.15, -0.1) is 0 Å². The van der Waals surface area contributed by atoms with Crippen LogP contribution in [0.2, 0.25) is 5.02 Å². The second-order valence-corrected chi connectivity index (χ2v) is 5.01. The van der Waals surface area contributed by atoms with Crippen LogP contribution in [0.3, 0.4) is 0 Å². The zero-order valence-corrected chi connectivity index (χ0v) is 12.8. The van der Waals surface area contributed by atoms with Crippen LogP contribution in [0.1, 0.15) is 25.8 Å². The van der Waals surface area contributed by atoms with Crippen LogP contribution in [0.5, 0.6) is 0 Å². The van der Waals surface area contributed by atoms with Gasteiger partial charge in [-0.2, -0.15) is 0 Å². The minimum absolute atomic E-state index is 0.0171. The molecule has 0 radical (unpaired) electrons. The Labute approximate surface area is 125 Å². The van der Waals surface area contributed by atoms with Crippen LogP contribution in [0.25, 0.3) is 0 Å². The monoisotopic (exact) mass is 300 g/mol. The van der Waals surface area contributed by atoms with Crippen LogP contribution in [0, 0.1) is 5.82 Å². The number of carbonyl (C=O) groups excluding carboxylic acids is 1. The number of hydrogen-bond donors (Lipinski definition) is 1. The van der Waals surface area contributed by atoms with Crippen molar-refractivity contribution in [1.29, 1.82) is 0 Å². The van der Waals surface area contributed by atoms with Crippen LogP contribution in [0.15, 0.2) is 18.2 Å². The van der Waals surface area contributed by atoms with Gasteiger partial charge in [-0.25, -0.2) is 4.39 Å². The van der Waals surface area contributed by atoms with Crippen LogP contribution in [0.4, 0.5) is 4.39 Å². The van der Waals surface area contributed by atoms with Crippen LogP contribution < -0.4 is 5.32 Å². The molecule has 1 rings (SSSR count). The Kier molecular flexibility index (Phi) is 7.55. The quantitative estimate of drug-likeness (QED) is 0.749. The summed E-state index contributed by atoms with van der Waals surface area (Å²) in [4.78, 5) is 14.0. The molecule has 20 heavy (non-hydrogen) atoms. The third kappa shape index (κ3) is 5.47. The van der Waals surface area contributed by atoms with Crippen molar-refractivity contribution in [3.63, 3.8) is 0 Å². The maximum Gasteiger partial charge on any atom is 0.224 e. The molecule has 0 aliphatic rings. The van der Waals surface area contributed by atoms with E-state index in [1.54, 1.807) is 6.07 Å². The van der Waals surface area contributed by atoms with Gasteiger partial charge in [0.05, 0.1) is 6.42 Å². The molecule has 0 heterocycles. The zero-order valence-electron chi connectivity index (χ0n) is 12.1. The smallest absolute Gasteiger partial charge is 0.224 e. The van der Waals surface area contributed by atoms with E-state index in [4.69, 9.17) is 11.6 Å². The van der Waals surface area contributed by atoms with Gasteiger partial charge in [0, 0.05) is 17.1 Å². The molecule has 1 aromatic rings. The third-order valence-electron chi connectivity index (χ3n) is 3.27. The average molecular weight is 301 g/mol. The van der Waals surface area contributed by atoms with E-state index >= 15 is 0 Å². The number of nitrogens with one attached hydrogen (secondary N) is 1. The fourth-order valence-electron chi connectivity index (χ4n) is 1.99. The van der Waals surface area contributed by atoms with Gasteiger partial charge in [-0.05, 0) is 38.2 Å². The Balaban J connectivity index is 2.34. The molecule has 1 amide bonds. The lowest BCUT2D eigenvalue weighted by atomic mass is 10.1. The second kappa shape index (κ2) is 8.93. The molecule has 0 unspecified atom stereocenters. The van der Waals surface area contributed by atoms with E-state index in [9.17, 15) is 9.18 Å². The van der Waals surface area contributed by atoms with E-state index in [0.29, 0.717) is 11.6 Å². The highest BCUT2D eigenvalue weighted by molar-refractivity contribution is 6.31. The number of hydrogen-bond acceptors (Lipinski definition) is 2. The normalized spacial score (nSPS) is 10.8. The molecule has 0 spiro atoms. The van der Waals surface area contributed by atoms with Crippen LogP contribution >= 0.6 is 11.6 Å². The molecule has 0 saturated carbocycles. The summed E-state index contributed by atoms with van der Waals surface area (Å²) in [7, 11) is 0. The van der Waals surface area contributed by atoms with Crippen LogP contribution in [-0.4, -0.2) is 37.0 Å². The van der Waals surface area contributed by atoms with Crippen molar-refractivity contribution in [1.82, 2.24) is 10.2 Å². The zero-order chi connectivity index (χ0) is 15.0. The Bertz CT molecular complexity index is 416. The fraction of sp³-hybridized carbons (Fsp3) is 0.533. The first-order valence-electron chi connectivity index (χ1n) is 7.00. The largest absolute Gasteiger partial charge is 0.356 e. The van der Waals surface area contributed by atoms with Gasteiger partial charge in [0.2, 0.25) is 5.91 Å². The molecule has 1 N–H and O–H groups in total. The molecule has 5 heteroatoms. The molecule has 0 aliphatic carbocycles. The highest BCUT2D eigenvalue weighted by Crippen LogP contribution is 2.19. The van der Waals surface area contributed by atoms with Crippen molar-refractivity contribution in [2.45, 2.75) is 26.7 Å². The minimum atomic E-state index is -0.434. The minimum Gasteiger partial charge on any atom is -0.356 e.